The van der Waals surface area contributed by atoms with Gasteiger partial charge in [-0.1, -0.05) is 0 Å². The molecule has 106 valence electrons. The molecule has 1 fully saturated rings. The maximum Gasteiger partial charge on any atom is 0.225 e. The van der Waals surface area contributed by atoms with Gasteiger partial charge in [-0.05, 0) is 12.8 Å². The smallest absolute Gasteiger partial charge is 0.225 e. The van der Waals surface area contributed by atoms with Gasteiger partial charge in [0.2, 0.25) is 17.9 Å². The van der Waals surface area contributed by atoms with Crippen LogP contribution in [0.4, 0.5) is 11.9 Å². The number of aromatic nitrogens is 3. The fourth-order valence-electron chi connectivity index (χ4n) is 2.44. The Bertz CT molecular complexity index is 573. The summed E-state index contributed by atoms with van der Waals surface area (Å²) in [6, 6.07) is 0. The van der Waals surface area contributed by atoms with Crippen LogP contribution in [0.1, 0.15) is 24.6 Å². The van der Waals surface area contributed by atoms with Crippen molar-refractivity contribution in [2.75, 3.05) is 18.1 Å². The van der Waals surface area contributed by atoms with Gasteiger partial charge >= 0.3 is 0 Å². The average Bonchev–Trinajstić information content (AvgIpc) is 2.31. The van der Waals surface area contributed by atoms with Crippen LogP contribution in [-0.4, -0.2) is 38.4 Å². The van der Waals surface area contributed by atoms with E-state index in [1.54, 1.807) is 0 Å². The Labute approximate surface area is 115 Å². The molecule has 10 heteroatoms. The zero-order valence-electron chi connectivity index (χ0n) is 10.8. The Hall–Kier alpha value is -2.49. The van der Waals surface area contributed by atoms with Crippen LogP contribution < -0.4 is 23.0 Å². The van der Waals surface area contributed by atoms with Gasteiger partial charge < -0.3 is 17.2 Å². The molecule has 1 saturated carbocycles. The average molecular weight is 276 g/mol. The van der Waals surface area contributed by atoms with Crippen LogP contribution in [0.3, 0.4) is 0 Å². The van der Waals surface area contributed by atoms with Crippen molar-refractivity contribution in [2.24, 2.45) is 27.5 Å². The Balaban J connectivity index is 1.88. The van der Waals surface area contributed by atoms with Crippen molar-refractivity contribution in [1.29, 1.82) is 0 Å². The summed E-state index contributed by atoms with van der Waals surface area (Å²) in [6.45, 7) is 0.301. The molecule has 1 aliphatic carbocycles. The van der Waals surface area contributed by atoms with Gasteiger partial charge in [0, 0.05) is 11.8 Å². The summed E-state index contributed by atoms with van der Waals surface area (Å²) in [5.41, 5.74) is 16.8. The van der Waals surface area contributed by atoms with E-state index in [1.807, 2.05) is 0 Å². The Morgan fingerprint density at radius 3 is 2.20 bits per heavy atom. The standard InChI is InChI=1S/C10H16N10/c11-8-15-3-20(14)7(18-8)5-2-1-4(5)6-16-9(12)19-10(13)17-6/h4-5H,1-3,14H2,(H2,11,15)(H4,12,13,16,17,19). The Morgan fingerprint density at radius 2 is 1.60 bits per heavy atom. The molecule has 8 N–H and O–H groups in total. The minimum atomic E-state index is 0.0679. The summed E-state index contributed by atoms with van der Waals surface area (Å²) in [7, 11) is 0. The second-order valence-electron chi connectivity index (χ2n) is 4.80. The Morgan fingerprint density at radius 1 is 0.950 bits per heavy atom. The van der Waals surface area contributed by atoms with Gasteiger partial charge in [-0.25, -0.2) is 10.8 Å². The third-order valence-electron chi connectivity index (χ3n) is 3.53. The van der Waals surface area contributed by atoms with E-state index in [2.05, 4.69) is 24.9 Å². The van der Waals surface area contributed by atoms with Crippen LogP contribution in [0.25, 0.3) is 0 Å². The first kappa shape index (κ1) is 12.5. The lowest BCUT2D eigenvalue weighted by molar-refractivity contribution is 0.285. The summed E-state index contributed by atoms with van der Waals surface area (Å²) in [6.07, 6.45) is 1.84. The van der Waals surface area contributed by atoms with Crippen LogP contribution in [0.15, 0.2) is 9.98 Å². The molecule has 0 amide bonds. The first-order chi connectivity index (χ1) is 9.54. The summed E-state index contributed by atoms with van der Waals surface area (Å²) < 4.78 is 0. The first-order valence-corrected chi connectivity index (χ1v) is 6.22. The molecule has 1 aromatic heterocycles. The SMILES string of the molecule is NC1=NCN(N)C(C2CCC2c2nc(N)nc(N)n2)=N1. The maximum absolute atomic E-state index is 5.89. The van der Waals surface area contributed by atoms with Gasteiger partial charge in [-0.3, -0.25) is 5.01 Å². The molecule has 2 unspecified atom stereocenters. The number of guanidine groups is 1. The molecule has 0 aromatic carbocycles. The summed E-state index contributed by atoms with van der Waals surface area (Å²) >= 11 is 0. The molecule has 0 spiro atoms. The molecule has 1 aliphatic heterocycles. The number of nitrogen functional groups attached to an aromatic ring is 2. The largest absolute Gasteiger partial charge is 0.368 e. The number of hydrogen-bond acceptors (Lipinski definition) is 10. The van der Waals surface area contributed by atoms with Crippen LogP contribution in [0.2, 0.25) is 0 Å². The van der Waals surface area contributed by atoms with Crippen LogP contribution in [0.5, 0.6) is 0 Å². The number of nitrogens with zero attached hydrogens (tertiary/aromatic N) is 6. The predicted octanol–water partition coefficient (Wildman–Crippen LogP) is -1.61. The fraction of sp³-hybridized carbons (Fsp3) is 0.500. The third-order valence-corrected chi connectivity index (χ3v) is 3.53. The van der Waals surface area contributed by atoms with Crippen LogP contribution >= 0.6 is 0 Å². The van der Waals surface area contributed by atoms with Crippen molar-refractivity contribution < 1.29 is 0 Å². The van der Waals surface area contributed by atoms with Crippen LogP contribution in [0, 0.1) is 5.92 Å². The number of aliphatic imine (C=N–C) groups is 2. The lowest BCUT2D eigenvalue weighted by Crippen LogP contribution is -2.49. The highest BCUT2D eigenvalue weighted by Crippen LogP contribution is 2.42. The van der Waals surface area contributed by atoms with Crippen molar-refractivity contribution in [3.63, 3.8) is 0 Å². The monoisotopic (exact) mass is 276 g/mol. The van der Waals surface area contributed by atoms with Crippen molar-refractivity contribution in [3.05, 3.63) is 5.82 Å². The second-order valence-corrected chi connectivity index (χ2v) is 4.80. The minimum absolute atomic E-state index is 0.0679. The van der Waals surface area contributed by atoms with Crippen molar-refractivity contribution in [1.82, 2.24) is 20.0 Å². The zero-order valence-corrected chi connectivity index (χ0v) is 10.8. The number of anilines is 2. The molecule has 0 radical (unpaired) electrons. The molecule has 0 saturated heterocycles. The number of rotatable bonds is 2. The maximum atomic E-state index is 5.89. The molecule has 10 nitrogen and oxygen atoms in total. The van der Waals surface area contributed by atoms with E-state index in [-0.39, 0.29) is 29.7 Å². The highest BCUT2D eigenvalue weighted by molar-refractivity contribution is 5.98. The van der Waals surface area contributed by atoms with Gasteiger partial charge in [-0.2, -0.15) is 19.9 Å². The van der Waals surface area contributed by atoms with E-state index in [0.717, 1.165) is 12.8 Å². The number of amidine groups is 1. The molecular weight excluding hydrogens is 260 g/mol. The van der Waals surface area contributed by atoms with E-state index < -0.39 is 0 Å². The number of hydrazine groups is 1. The lowest BCUT2D eigenvalue weighted by atomic mass is 9.72. The number of nitrogens with two attached hydrogens (primary N) is 4. The molecule has 2 aliphatic rings. The normalized spacial score (nSPS) is 25.8. The molecule has 2 atom stereocenters. The van der Waals surface area contributed by atoms with E-state index in [0.29, 0.717) is 18.3 Å². The first-order valence-electron chi connectivity index (χ1n) is 6.22. The van der Waals surface area contributed by atoms with Crippen molar-refractivity contribution in [2.45, 2.75) is 18.8 Å². The summed E-state index contributed by atoms with van der Waals surface area (Å²) in [5, 5.41) is 1.49. The topological polar surface area (TPSA) is 171 Å². The highest BCUT2D eigenvalue weighted by atomic mass is 15.5. The van der Waals surface area contributed by atoms with Gasteiger partial charge in [0.05, 0.1) is 0 Å². The molecule has 20 heavy (non-hydrogen) atoms. The van der Waals surface area contributed by atoms with E-state index in [4.69, 9.17) is 23.0 Å². The fourth-order valence-corrected chi connectivity index (χ4v) is 2.44. The van der Waals surface area contributed by atoms with Crippen LogP contribution in [-0.2, 0) is 0 Å². The summed E-state index contributed by atoms with van der Waals surface area (Å²) in [4.78, 5) is 20.2. The van der Waals surface area contributed by atoms with Crippen molar-refractivity contribution in [3.8, 4) is 0 Å². The highest BCUT2D eigenvalue weighted by Gasteiger charge is 2.40. The zero-order chi connectivity index (χ0) is 14.3. The lowest BCUT2D eigenvalue weighted by Gasteiger charge is -2.39. The van der Waals surface area contributed by atoms with Gasteiger partial charge in [-0.15, -0.1) is 0 Å². The van der Waals surface area contributed by atoms with Gasteiger partial charge in [0.15, 0.2) is 0 Å². The number of hydrogen-bond donors (Lipinski definition) is 4. The van der Waals surface area contributed by atoms with Gasteiger partial charge in [0.1, 0.15) is 18.3 Å². The minimum Gasteiger partial charge on any atom is -0.368 e. The molecular formula is C10H16N10. The predicted molar refractivity (Wildman–Crippen MR) is 74.1 cm³/mol. The van der Waals surface area contributed by atoms with Crippen molar-refractivity contribution >= 4 is 23.7 Å². The molecule has 1 aromatic rings. The second kappa shape index (κ2) is 4.56. The third kappa shape index (κ3) is 2.09. The summed E-state index contributed by atoms with van der Waals surface area (Å²) in [5.74, 6) is 7.80. The van der Waals surface area contributed by atoms with E-state index >= 15 is 0 Å². The molecule has 2 heterocycles. The van der Waals surface area contributed by atoms with E-state index in [1.165, 1.54) is 5.01 Å². The van der Waals surface area contributed by atoms with E-state index in [9.17, 15) is 0 Å². The van der Waals surface area contributed by atoms with Gasteiger partial charge in [0.25, 0.3) is 0 Å². The molecule has 3 rings (SSSR count). The Kier molecular flexibility index (Phi) is 2.86. The quantitative estimate of drug-likeness (QED) is 0.467. The molecule has 0 bridgehead atoms.